The fourth-order valence-electron chi connectivity index (χ4n) is 4.12. The molecule has 1 aliphatic rings. The zero-order valence-electron chi connectivity index (χ0n) is 18.0. The average Bonchev–Trinajstić information content (AvgIpc) is 3.36. The highest BCUT2D eigenvalue weighted by Crippen LogP contribution is 2.37. The topological polar surface area (TPSA) is 61.4 Å². The van der Waals surface area contributed by atoms with Crippen LogP contribution >= 0.6 is 23.1 Å². The third-order valence-corrected chi connectivity index (χ3v) is 8.11. The van der Waals surface area contributed by atoms with E-state index in [2.05, 4.69) is 35.4 Å². The summed E-state index contributed by atoms with van der Waals surface area (Å²) in [5.41, 5.74) is 2.25. The summed E-state index contributed by atoms with van der Waals surface area (Å²) in [6.45, 7) is 7.55. The maximum Gasteiger partial charge on any atom is 0.264 e. The molecule has 162 valence electrons. The summed E-state index contributed by atoms with van der Waals surface area (Å²) in [6, 6.07) is 10.1. The lowest BCUT2D eigenvalue weighted by Gasteiger charge is -2.26. The smallest absolute Gasteiger partial charge is 0.264 e. The zero-order chi connectivity index (χ0) is 21.5. The Labute approximate surface area is 189 Å². The minimum absolute atomic E-state index is 0.0210. The molecule has 0 fully saturated rings. The predicted molar refractivity (Wildman–Crippen MR) is 126 cm³/mol. The van der Waals surface area contributed by atoms with Crippen molar-refractivity contribution in [1.82, 2.24) is 19.2 Å². The van der Waals surface area contributed by atoms with Crippen LogP contribution in [-0.4, -0.2) is 31.0 Å². The third-order valence-electron chi connectivity index (χ3n) is 5.79. The van der Waals surface area contributed by atoms with Gasteiger partial charge in [-0.05, 0) is 23.5 Å². The lowest BCUT2D eigenvalue weighted by Crippen LogP contribution is -2.28. The Kier molecular flexibility index (Phi) is 5.62. The van der Waals surface area contributed by atoms with Crippen molar-refractivity contribution in [3.8, 4) is 0 Å². The lowest BCUT2D eigenvalue weighted by molar-refractivity contribution is 0.00200. The Hall–Kier alpha value is -2.16. The van der Waals surface area contributed by atoms with Gasteiger partial charge in [0.05, 0.1) is 24.6 Å². The van der Waals surface area contributed by atoms with Gasteiger partial charge in [-0.15, -0.1) is 21.5 Å². The highest BCUT2D eigenvalue weighted by Gasteiger charge is 2.29. The highest BCUT2D eigenvalue weighted by molar-refractivity contribution is 7.99. The molecule has 4 heterocycles. The van der Waals surface area contributed by atoms with E-state index >= 15 is 0 Å². The summed E-state index contributed by atoms with van der Waals surface area (Å²) >= 11 is 3.35. The Morgan fingerprint density at radius 2 is 2.06 bits per heavy atom. The van der Waals surface area contributed by atoms with Gasteiger partial charge in [0.1, 0.15) is 4.83 Å². The van der Waals surface area contributed by atoms with E-state index in [0.717, 1.165) is 50.0 Å². The Bertz CT molecular complexity index is 1290. The molecule has 0 amide bonds. The van der Waals surface area contributed by atoms with Gasteiger partial charge in [-0.25, -0.2) is 4.40 Å². The molecule has 6 nitrogen and oxygen atoms in total. The summed E-state index contributed by atoms with van der Waals surface area (Å²) in [7, 11) is 0. The molecule has 4 aromatic rings. The van der Waals surface area contributed by atoms with E-state index in [1.807, 2.05) is 30.3 Å². The first kappa shape index (κ1) is 20.7. The molecule has 1 aromatic carbocycles. The van der Waals surface area contributed by atoms with Crippen molar-refractivity contribution in [2.24, 2.45) is 5.92 Å². The Morgan fingerprint density at radius 3 is 2.81 bits per heavy atom. The highest BCUT2D eigenvalue weighted by atomic mass is 32.2. The van der Waals surface area contributed by atoms with E-state index in [-0.39, 0.29) is 11.7 Å². The molecule has 0 radical (unpaired) electrons. The molecule has 3 aromatic heterocycles. The van der Waals surface area contributed by atoms with Crippen molar-refractivity contribution in [3.63, 3.8) is 0 Å². The summed E-state index contributed by atoms with van der Waals surface area (Å²) < 4.78 is 9.98. The minimum Gasteiger partial charge on any atom is -0.372 e. The van der Waals surface area contributed by atoms with Crippen LogP contribution in [0.4, 0.5) is 0 Å². The molecule has 31 heavy (non-hydrogen) atoms. The summed E-state index contributed by atoms with van der Waals surface area (Å²) in [6.07, 6.45) is 1.97. The van der Waals surface area contributed by atoms with E-state index in [0.29, 0.717) is 24.8 Å². The average molecular weight is 455 g/mol. The Balaban J connectivity index is 1.77. The maximum absolute atomic E-state index is 13.8. The number of thiophene rings is 1. The second-order valence-electron chi connectivity index (χ2n) is 8.32. The van der Waals surface area contributed by atoms with Crippen LogP contribution in [0.1, 0.15) is 43.2 Å². The first-order valence-electron chi connectivity index (χ1n) is 10.8. The van der Waals surface area contributed by atoms with Crippen molar-refractivity contribution in [1.29, 1.82) is 0 Å². The molecule has 0 bridgehead atoms. The number of hydrogen-bond donors (Lipinski definition) is 0. The van der Waals surface area contributed by atoms with Crippen molar-refractivity contribution in [2.45, 2.75) is 58.0 Å². The first-order chi connectivity index (χ1) is 15.1. The van der Waals surface area contributed by atoms with Gasteiger partial charge in [0.25, 0.3) is 5.56 Å². The number of rotatable bonds is 6. The number of nitrogens with zero attached hydrogens (tertiary/aromatic N) is 4. The number of thioether (sulfide) groups is 1. The van der Waals surface area contributed by atoms with Gasteiger partial charge in [0.2, 0.25) is 5.78 Å². The molecule has 1 atom stereocenters. The quantitative estimate of drug-likeness (QED) is 0.393. The normalized spacial score (nSPS) is 16.5. The monoisotopic (exact) mass is 454 g/mol. The van der Waals surface area contributed by atoms with Crippen LogP contribution < -0.4 is 5.56 Å². The van der Waals surface area contributed by atoms with Crippen molar-refractivity contribution in [3.05, 3.63) is 56.7 Å². The second-order valence-corrected chi connectivity index (χ2v) is 10.5. The van der Waals surface area contributed by atoms with Gasteiger partial charge in [0, 0.05) is 17.1 Å². The summed E-state index contributed by atoms with van der Waals surface area (Å²) in [5, 5.41) is 10.6. The number of fused-ring (bicyclic) bond motifs is 5. The zero-order valence-corrected chi connectivity index (χ0v) is 19.6. The molecule has 8 heteroatoms. The predicted octanol–water partition coefficient (Wildman–Crippen LogP) is 4.75. The fraction of sp³-hybridized carbons (Fsp3) is 0.435. The van der Waals surface area contributed by atoms with Crippen molar-refractivity contribution >= 4 is 39.1 Å². The number of benzene rings is 1. The minimum atomic E-state index is 0.0210. The van der Waals surface area contributed by atoms with Crippen LogP contribution in [0.5, 0.6) is 0 Å². The lowest BCUT2D eigenvalue weighted by atomic mass is 9.96. The van der Waals surface area contributed by atoms with Crippen molar-refractivity contribution in [2.75, 3.05) is 5.75 Å². The molecule has 5 rings (SSSR count). The van der Waals surface area contributed by atoms with E-state index < -0.39 is 0 Å². The Morgan fingerprint density at radius 1 is 1.26 bits per heavy atom. The number of hydrogen-bond acceptors (Lipinski definition) is 6. The summed E-state index contributed by atoms with van der Waals surface area (Å²) in [5.74, 6) is 1.98. The van der Waals surface area contributed by atoms with Crippen LogP contribution in [0.3, 0.4) is 0 Å². The van der Waals surface area contributed by atoms with E-state index in [1.54, 1.807) is 27.7 Å². The molecule has 0 unspecified atom stereocenters. The second kappa shape index (κ2) is 8.41. The maximum atomic E-state index is 13.8. The van der Waals surface area contributed by atoms with Crippen LogP contribution in [0.2, 0.25) is 0 Å². The van der Waals surface area contributed by atoms with Gasteiger partial charge < -0.3 is 4.74 Å². The van der Waals surface area contributed by atoms with Gasteiger partial charge >= 0.3 is 0 Å². The van der Waals surface area contributed by atoms with Crippen LogP contribution in [0.25, 0.3) is 16.0 Å². The molecule has 0 saturated heterocycles. The van der Waals surface area contributed by atoms with E-state index in [1.165, 1.54) is 0 Å². The molecule has 0 N–H and O–H groups in total. The van der Waals surface area contributed by atoms with E-state index in [9.17, 15) is 4.79 Å². The summed E-state index contributed by atoms with van der Waals surface area (Å²) in [4.78, 5) is 15.9. The molecule has 0 aliphatic carbocycles. The first-order valence-corrected chi connectivity index (χ1v) is 12.6. The standard InChI is InChI=1S/C23H26N4O2S2/c1-4-10-30-23-25-24-22-26(12-15-8-6-5-7-9-15)20(28)19-16-11-17(14(2)3)29-13-18(16)31-21(19)27(22)23/h5-9,14,17H,4,10-13H2,1-3H3/t17-/m1/s1. The van der Waals surface area contributed by atoms with Crippen LogP contribution in [0.15, 0.2) is 40.3 Å². The molecule has 0 saturated carbocycles. The molecular formula is C23H26N4O2S2. The molecular weight excluding hydrogens is 428 g/mol. The number of ether oxygens (including phenoxy) is 1. The van der Waals surface area contributed by atoms with Gasteiger partial charge in [0.15, 0.2) is 5.16 Å². The van der Waals surface area contributed by atoms with Crippen LogP contribution in [-0.2, 0) is 24.3 Å². The van der Waals surface area contributed by atoms with E-state index in [4.69, 9.17) is 4.74 Å². The SMILES string of the molecule is CCCSc1nnc2n(Cc3ccccc3)c(=O)c3c4c(sc3n12)CO[C@@H](C(C)C)C4. The third kappa shape index (κ3) is 3.60. The fourth-order valence-corrected chi connectivity index (χ4v) is 6.20. The van der Waals surface area contributed by atoms with Gasteiger partial charge in [-0.1, -0.05) is 62.9 Å². The van der Waals surface area contributed by atoms with Gasteiger partial charge in [-0.2, -0.15) is 0 Å². The molecule has 1 aliphatic heterocycles. The van der Waals surface area contributed by atoms with Crippen LogP contribution in [0, 0.1) is 5.92 Å². The van der Waals surface area contributed by atoms with Gasteiger partial charge in [-0.3, -0.25) is 9.36 Å². The largest absolute Gasteiger partial charge is 0.372 e. The molecule has 0 spiro atoms. The van der Waals surface area contributed by atoms with Crippen molar-refractivity contribution < 1.29 is 4.74 Å². The number of aromatic nitrogens is 4.